The van der Waals surface area contributed by atoms with Gasteiger partial charge in [0.25, 0.3) is 0 Å². The van der Waals surface area contributed by atoms with E-state index < -0.39 is 17.0 Å². The largest absolute Gasteiger partial charge is 0.417 e. The number of amides is 1. The van der Waals surface area contributed by atoms with Gasteiger partial charge in [-0.3, -0.25) is 9.20 Å². The number of rotatable bonds is 5. The molecular weight excluding hydrogens is 377 g/mol. The molecule has 1 unspecified atom stereocenters. The predicted octanol–water partition coefficient (Wildman–Crippen LogP) is 3.86. The van der Waals surface area contributed by atoms with Crippen molar-refractivity contribution in [1.82, 2.24) is 19.9 Å². The number of carbonyl (C=O) groups excluding carboxylic acids is 1. The highest BCUT2D eigenvalue weighted by Gasteiger charge is 2.32. The molecule has 0 spiro atoms. The number of hydrogen-bond donors (Lipinski definition) is 1. The van der Waals surface area contributed by atoms with Crippen molar-refractivity contribution in [3.8, 4) is 0 Å². The van der Waals surface area contributed by atoms with Crippen molar-refractivity contribution in [2.45, 2.75) is 35.5 Å². The van der Waals surface area contributed by atoms with Gasteiger partial charge in [-0.05, 0) is 30.5 Å². The number of nitrogens with one attached hydrogen (secondary N) is 1. The van der Waals surface area contributed by atoms with E-state index in [0.717, 1.165) is 42.4 Å². The molecule has 140 valence electrons. The van der Waals surface area contributed by atoms with Gasteiger partial charge in [-0.2, -0.15) is 13.2 Å². The van der Waals surface area contributed by atoms with Crippen molar-refractivity contribution in [1.29, 1.82) is 0 Å². The number of pyridine rings is 1. The van der Waals surface area contributed by atoms with Crippen LogP contribution >= 0.6 is 11.8 Å². The summed E-state index contributed by atoms with van der Waals surface area (Å²) in [5, 5.41) is 10.5. The van der Waals surface area contributed by atoms with Gasteiger partial charge in [0.2, 0.25) is 5.91 Å². The summed E-state index contributed by atoms with van der Waals surface area (Å²) in [6, 6.07) is 11.5. The lowest BCUT2D eigenvalue weighted by atomic mass is 10.1. The molecule has 1 N–H and O–H groups in total. The lowest BCUT2D eigenvalue weighted by molar-refractivity contribution is -0.137. The quantitative estimate of drug-likeness (QED) is 0.670. The molecule has 3 aromatic rings. The van der Waals surface area contributed by atoms with E-state index in [1.165, 1.54) is 10.5 Å². The van der Waals surface area contributed by atoms with Crippen LogP contribution in [0, 0.1) is 0 Å². The summed E-state index contributed by atoms with van der Waals surface area (Å²) >= 11 is 1.09. The molecule has 1 amide bonds. The fourth-order valence-electron chi connectivity index (χ4n) is 2.63. The molecule has 0 aliphatic heterocycles. The maximum Gasteiger partial charge on any atom is 0.417 e. The number of alkyl halides is 3. The minimum Gasteiger partial charge on any atom is -0.352 e. The first-order valence-electron chi connectivity index (χ1n) is 8.36. The fourth-order valence-corrected chi connectivity index (χ4v) is 3.66. The Labute approximate surface area is 157 Å². The first-order chi connectivity index (χ1) is 12.9. The van der Waals surface area contributed by atoms with Crippen LogP contribution in [0.4, 0.5) is 13.2 Å². The van der Waals surface area contributed by atoms with E-state index in [1.807, 2.05) is 30.3 Å². The van der Waals surface area contributed by atoms with Gasteiger partial charge in [-0.25, -0.2) is 0 Å². The molecule has 9 heteroatoms. The Morgan fingerprint density at radius 2 is 1.89 bits per heavy atom. The molecule has 0 bridgehead atoms. The van der Waals surface area contributed by atoms with Crippen LogP contribution in [0.3, 0.4) is 0 Å². The van der Waals surface area contributed by atoms with Crippen molar-refractivity contribution < 1.29 is 18.0 Å². The molecule has 1 fully saturated rings. The Hall–Kier alpha value is -2.55. The van der Waals surface area contributed by atoms with E-state index >= 15 is 0 Å². The zero-order valence-electron chi connectivity index (χ0n) is 14.0. The average molecular weight is 392 g/mol. The first-order valence-corrected chi connectivity index (χ1v) is 9.24. The number of benzene rings is 1. The Bertz CT molecular complexity index is 970. The highest BCUT2D eigenvalue weighted by molar-refractivity contribution is 8.00. The third-order valence-electron chi connectivity index (χ3n) is 4.19. The second kappa shape index (κ2) is 6.88. The number of carbonyl (C=O) groups is 1. The number of hydrogen-bond acceptors (Lipinski definition) is 4. The molecule has 1 aromatic carbocycles. The smallest absolute Gasteiger partial charge is 0.352 e. The Kier molecular flexibility index (Phi) is 4.55. The number of nitrogens with zero attached hydrogens (tertiary/aromatic N) is 3. The molecule has 0 saturated heterocycles. The molecule has 1 saturated carbocycles. The minimum absolute atomic E-state index is 0.177. The van der Waals surface area contributed by atoms with Crippen molar-refractivity contribution in [2.75, 3.05) is 0 Å². The van der Waals surface area contributed by atoms with Gasteiger partial charge < -0.3 is 5.32 Å². The number of thioether (sulfide) groups is 1. The standard InChI is InChI=1S/C18H15F3N4OS/c19-18(20,21)12-6-9-14-23-24-17(25(14)10-12)27-15(11-4-2-1-3-5-11)16(26)22-13-7-8-13/h1-6,9-10,13,15H,7-8H2,(H,22,26). The van der Waals surface area contributed by atoms with E-state index in [0.29, 0.717) is 5.65 Å². The average Bonchev–Trinajstić information content (AvgIpc) is 3.37. The zero-order valence-corrected chi connectivity index (χ0v) is 14.8. The van der Waals surface area contributed by atoms with Crippen molar-refractivity contribution in [3.63, 3.8) is 0 Å². The van der Waals surface area contributed by atoms with Crippen LogP contribution in [0.2, 0.25) is 0 Å². The molecule has 27 heavy (non-hydrogen) atoms. The molecular formula is C18H15F3N4OS. The van der Waals surface area contributed by atoms with Crippen LogP contribution < -0.4 is 5.32 Å². The van der Waals surface area contributed by atoms with Crippen LogP contribution in [0.5, 0.6) is 0 Å². The van der Waals surface area contributed by atoms with Crippen LogP contribution in [-0.2, 0) is 11.0 Å². The van der Waals surface area contributed by atoms with Crippen LogP contribution in [-0.4, -0.2) is 26.5 Å². The number of halogens is 3. The third kappa shape index (κ3) is 3.92. The Morgan fingerprint density at radius 1 is 1.15 bits per heavy atom. The van der Waals surface area contributed by atoms with E-state index in [-0.39, 0.29) is 17.1 Å². The second-order valence-corrected chi connectivity index (χ2v) is 7.39. The maximum atomic E-state index is 13.0. The maximum absolute atomic E-state index is 13.0. The third-order valence-corrected chi connectivity index (χ3v) is 5.40. The van der Waals surface area contributed by atoms with Gasteiger partial charge in [0, 0.05) is 12.2 Å². The normalized spacial score (nSPS) is 15.7. The van der Waals surface area contributed by atoms with E-state index in [9.17, 15) is 18.0 Å². The summed E-state index contributed by atoms with van der Waals surface area (Å²) in [5.41, 5.74) is 0.250. The molecule has 4 rings (SSSR count). The van der Waals surface area contributed by atoms with Crippen molar-refractivity contribution in [3.05, 3.63) is 59.8 Å². The van der Waals surface area contributed by atoms with Crippen LogP contribution in [0.15, 0.2) is 53.8 Å². The van der Waals surface area contributed by atoms with Gasteiger partial charge in [0.05, 0.1) is 5.56 Å². The monoisotopic (exact) mass is 392 g/mol. The second-order valence-electron chi connectivity index (χ2n) is 6.32. The lowest BCUT2D eigenvalue weighted by Gasteiger charge is -2.16. The zero-order chi connectivity index (χ0) is 19.0. The van der Waals surface area contributed by atoms with Crippen LogP contribution in [0.25, 0.3) is 5.65 Å². The van der Waals surface area contributed by atoms with Crippen LogP contribution in [0.1, 0.15) is 29.2 Å². The van der Waals surface area contributed by atoms with Gasteiger partial charge in [-0.15, -0.1) is 10.2 Å². The van der Waals surface area contributed by atoms with Gasteiger partial charge >= 0.3 is 6.18 Å². The summed E-state index contributed by atoms with van der Waals surface area (Å²) in [5.74, 6) is -0.183. The molecule has 1 aliphatic rings. The lowest BCUT2D eigenvalue weighted by Crippen LogP contribution is -2.29. The van der Waals surface area contributed by atoms with E-state index in [4.69, 9.17) is 0 Å². The first kappa shape index (κ1) is 17.8. The van der Waals surface area contributed by atoms with Gasteiger partial charge in [0.15, 0.2) is 10.8 Å². The van der Waals surface area contributed by atoms with Crippen molar-refractivity contribution >= 4 is 23.3 Å². The topological polar surface area (TPSA) is 59.3 Å². The minimum atomic E-state index is -4.47. The predicted molar refractivity (Wildman–Crippen MR) is 94.2 cm³/mol. The fraction of sp³-hybridized carbons (Fsp3) is 0.278. The summed E-state index contributed by atoms with van der Waals surface area (Å²) in [7, 11) is 0. The van der Waals surface area contributed by atoms with Crippen molar-refractivity contribution in [2.24, 2.45) is 0 Å². The van der Waals surface area contributed by atoms with E-state index in [2.05, 4.69) is 15.5 Å². The molecule has 2 heterocycles. The molecule has 1 aliphatic carbocycles. The van der Waals surface area contributed by atoms with Gasteiger partial charge in [0.1, 0.15) is 5.25 Å². The molecule has 0 radical (unpaired) electrons. The number of fused-ring (bicyclic) bond motifs is 1. The summed E-state index contributed by atoms with van der Waals surface area (Å²) in [6.45, 7) is 0. The van der Waals surface area contributed by atoms with E-state index in [1.54, 1.807) is 0 Å². The Balaban J connectivity index is 1.69. The molecule has 1 atom stereocenters. The summed E-state index contributed by atoms with van der Waals surface area (Å²) in [6.07, 6.45) is -1.62. The summed E-state index contributed by atoms with van der Waals surface area (Å²) in [4.78, 5) is 12.7. The molecule has 2 aromatic heterocycles. The number of aromatic nitrogens is 3. The highest BCUT2D eigenvalue weighted by atomic mass is 32.2. The SMILES string of the molecule is O=C(NC1CC1)C(Sc1nnc2ccc(C(F)(F)F)cn12)c1ccccc1. The summed E-state index contributed by atoms with van der Waals surface area (Å²) < 4.78 is 40.4. The van der Waals surface area contributed by atoms with Gasteiger partial charge in [-0.1, -0.05) is 42.1 Å². The molecule has 5 nitrogen and oxygen atoms in total. The highest BCUT2D eigenvalue weighted by Crippen LogP contribution is 2.36. The Morgan fingerprint density at radius 3 is 2.56 bits per heavy atom.